The van der Waals surface area contributed by atoms with Crippen LogP contribution in [0.25, 0.3) is 0 Å². The molecule has 1 aromatic heterocycles. The van der Waals surface area contributed by atoms with Crippen molar-refractivity contribution in [1.29, 1.82) is 0 Å². The van der Waals surface area contributed by atoms with Crippen LogP contribution in [0.5, 0.6) is 0 Å². The van der Waals surface area contributed by atoms with Crippen molar-refractivity contribution in [3.63, 3.8) is 0 Å². The van der Waals surface area contributed by atoms with Crippen LogP contribution in [0.2, 0.25) is 0 Å². The number of nitrogens with zero attached hydrogens (tertiary/aromatic N) is 3. The van der Waals surface area contributed by atoms with Crippen molar-refractivity contribution < 1.29 is 4.79 Å². The number of nitrogen functional groups attached to an aromatic ring is 1. The zero-order chi connectivity index (χ0) is 23.1. The number of carbonyl (C=O) groups is 1. The molecule has 0 bridgehead atoms. The molecule has 1 amide bonds. The summed E-state index contributed by atoms with van der Waals surface area (Å²) in [5.41, 5.74) is 7.16. The Balaban J connectivity index is 2.49. The molecule has 2 aromatic rings. The van der Waals surface area contributed by atoms with E-state index in [4.69, 9.17) is 5.73 Å². The summed E-state index contributed by atoms with van der Waals surface area (Å²) in [5.74, 6) is 0.531. The summed E-state index contributed by atoms with van der Waals surface area (Å²) >= 11 is 0. The molecule has 31 heavy (non-hydrogen) atoms. The fraction of sp³-hybridized carbons (Fsp3) is 0.522. The molecule has 0 unspecified atom stereocenters. The van der Waals surface area contributed by atoms with Crippen molar-refractivity contribution in [3.05, 3.63) is 56.2 Å². The van der Waals surface area contributed by atoms with Gasteiger partial charge in [0.25, 0.3) is 11.5 Å². The number of amides is 1. The van der Waals surface area contributed by atoms with Gasteiger partial charge in [-0.05, 0) is 36.5 Å². The third-order valence-electron chi connectivity index (χ3n) is 5.20. The van der Waals surface area contributed by atoms with E-state index in [0.29, 0.717) is 36.8 Å². The average molecular weight is 430 g/mol. The van der Waals surface area contributed by atoms with E-state index in [-0.39, 0.29) is 11.7 Å². The van der Waals surface area contributed by atoms with Crippen LogP contribution in [0.1, 0.15) is 56.0 Å². The number of hydrogen-bond acceptors (Lipinski definition) is 5. The molecule has 0 aliphatic rings. The van der Waals surface area contributed by atoms with Crippen LogP contribution in [0.3, 0.4) is 0 Å². The van der Waals surface area contributed by atoms with E-state index >= 15 is 0 Å². The van der Waals surface area contributed by atoms with Gasteiger partial charge in [-0.1, -0.05) is 39.3 Å². The van der Waals surface area contributed by atoms with Gasteiger partial charge in [0.2, 0.25) is 0 Å². The zero-order valence-electron chi connectivity index (χ0n) is 19.3. The molecule has 0 saturated heterocycles. The molecule has 3 N–H and O–H groups in total. The first kappa shape index (κ1) is 24.2. The Kier molecular flexibility index (Phi) is 8.47. The molecule has 0 aliphatic heterocycles. The lowest BCUT2D eigenvalue weighted by atomic mass is 10.1. The number of anilines is 2. The Labute approximate surface area is 183 Å². The Bertz CT molecular complexity index is 1010. The van der Waals surface area contributed by atoms with Crippen LogP contribution in [0.4, 0.5) is 11.5 Å². The maximum Gasteiger partial charge on any atom is 0.330 e. The van der Waals surface area contributed by atoms with E-state index in [9.17, 15) is 14.4 Å². The Morgan fingerprint density at radius 2 is 1.94 bits per heavy atom. The van der Waals surface area contributed by atoms with Crippen molar-refractivity contribution in [2.24, 2.45) is 5.92 Å². The summed E-state index contributed by atoms with van der Waals surface area (Å²) in [6.07, 6.45) is 2.55. The fourth-order valence-corrected chi connectivity index (χ4v) is 3.39. The standard InChI is InChI=1S/C23H35N5O3/c1-6-7-12-28-20(24)19(21(29)25-23(28)31)27(13-11-16(2)3)15-17-9-8-10-18(14-17)22(30)26(4)5/h8-10,14,16H,6-7,11-13,15,24H2,1-5H3,(H,25,29,31). The van der Waals surface area contributed by atoms with Crippen molar-refractivity contribution in [2.45, 2.75) is 53.1 Å². The smallest absolute Gasteiger partial charge is 0.330 e. The number of nitrogens with one attached hydrogen (secondary N) is 1. The highest BCUT2D eigenvalue weighted by atomic mass is 16.2. The van der Waals surface area contributed by atoms with Gasteiger partial charge in [-0.2, -0.15) is 0 Å². The van der Waals surface area contributed by atoms with E-state index in [1.54, 1.807) is 20.2 Å². The quantitative estimate of drug-likeness (QED) is 0.604. The van der Waals surface area contributed by atoms with Gasteiger partial charge in [0.15, 0.2) is 0 Å². The number of aromatic amines is 1. The highest BCUT2D eigenvalue weighted by molar-refractivity contribution is 5.94. The van der Waals surface area contributed by atoms with Gasteiger partial charge >= 0.3 is 5.69 Å². The molecular formula is C23H35N5O3. The summed E-state index contributed by atoms with van der Waals surface area (Å²) in [7, 11) is 3.42. The van der Waals surface area contributed by atoms with Gasteiger partial charge in [0.05, 0.1) is 0 Å². The largest absolute Gasteiger partial charge is 0.383 e. The second-order valence-electron chi connectivity index (χ2n) is 8.50. The molecule has 2 rings (SSSR count). The molecule has 170 valence electrons. The van der Waals surface area contributed by atoms with Gasteiger partial charge in [-0.15, -0.1) is 0 Å². The van der Waals surface area contributed by atoms with Gasteiger partial charge in [0, 0.05) is 39.3 Å². The van der Waals surface area contributed by atoms with Crippen LogP contribution < -0.4 is 21.9 Å². The lowest BCUT2D eigenvalue weighted by Crippen LogP contribution is -2.39. The Morgan fingerprint density at radius 1 is 1.23 bits per heavy atom. The van der Waals surface area contributed by atoms with E-state index in [1.165, 1.54) is 9.47 Å². The highest BCUT2D eigenvalue weighted by Gasteiger charge is 2.20. The third-order valence-corrected chi connectivity index (χ3v) is 5.20. The molecule has 8 nitrogen and oxygen atoms in total. The van der Waals surface area contributed by atoms with E-state index in [1.807, 2.05) is 30.0 Å². The Morgan fingerprint density at radius 3 is 2.55 bits per heavy atom. The molecule has 0 spiro atoms. The molecular weight excluding hydrogens is 394 g/mol. The maximum absolute atomic E-state index is 12.8. The van der Waals surface area contributed by atoms with Gasteiger partial charge in [0.1, 0.15) is 11.5 Å². The van der Waals surface area contributed by atoms with Crippen molar-refractivity contribution >= 4 is 17.4 Å². The van der Waals surface area contributed by atoms with Crippen molar-refractivity contribution in [1.82, 2.24) is 14.5 Å². The molecule has 1 aromatic carbocycles. The summed E-state index contributed by atoms with van der Waals surface area (Å²) < 4.78 is 1.44. The number of nitrogens with two attached hydrogens (primary N) is 1. The highest BCUT2D eigenvalue weighted by Crippen LogP contribution is 2.21. The van der Waals surface area contributed by atoms with E-state index < -0.39 is 11.2 Å². The SMILES string of the molecule is CCCCn1c(N)c(N(CCC(C)C)Cc2cccc(C(=O)N(C)C)c2)c(=O)[nH]c1=O. The first-order valence-corrected chi connectivity index (χ1v) is 10.8. The zero-order valence-corrected chi connectivity index (χ0v) is 19.3. The van der Waals surface area contributed by atoms with Crippen molar-refractivity contribution in [2.75, 3.05) is 31.3 Å². The predicted octanol–water partition coefficient (Wildman–Crippen LogP) is 2.67. The minimum absolute atomic E-state index is 0.0824. The number of carbonyl (C=O) groups excluding carboxylic acids is 1. The van der Waals surface area contributed by atoms with Crippen molar-refractivity contribution in [3.8, 4) is 0 Å². The lowest BCUT2D eigenvalue weighted by Gasteiger charge is -2.27. The molecule has 8 heteroatoms. The van der Waals surface area contributed by atoms with Gasteiger partial charge in [-0.3, -0.25) is 19.1 Å². The average Bonchev–Trinajstić information content (AvgIpc) is 2.71. The number of unbranched alkanes of at least 4 members (excludes halogenated alkanes) is 1. The summed E-state index contributed by atoms with van der Waals surface area (Å²) in [4.78, 5) is 43.3. The number of rotatable bonds is 10. The molecule has 0 aliphatic carbocycles. The van der Waals surface area contributed by atoms with E-state index in [0.717, 1.165) is 24.8 Å². The minimum atomic E-state index is -0.487. The van der Waals surface area contributed by atoms with Crippen LogP contribution in [-0.4, -0.2) is 41.0 Å². The lowest BCUT2D eigenvalue weighted by molar-refractivity contribution is 0.0827. The monoisotopic (exact) mass is 429 g/mol. The maximum atomic E-state index is 12.8. The number of H-pyrrole nitrogens is 1. The summed E-state index contributed by atoms with van der Waals surface area (Å²) in [6.45, 7) is 7.72. The first-order valence-electron chi connectivity index (χ1n) is 10.8. The molecule has 0 fully saturated rings. The first-order chi connectivity index (χ1) is 14.6. The fourth-order valence-electron chi connectivity index (χ4n) is 3.39. The molecule has 0 atom stereocenters. The van der Waals surface area contributed by atoms with Crippen LogP contribution in [0.15, 0.2) is 33.9 Å². The van der Waals surface area contributed by atoms with Crippen LogP contribution >= 0.6 is 0 Å². The number of aromatic nitrogens is 2. The Hall–Kier alpha value is -3.03. The third kappa shape index (κ3) is 6.23. The summed E-state index contributed by atoms with van der Waals surface area (Å²) in [5, 5.41) is 0. The number of benzene rings is 1. The van der Waals surface area contributed by atoms with Crippen LogP contribution in [0, 0.1) is 5.92 Å². The molecule has 1 heterocycles. The van der Waals surface area contributed by atoms with Gasteiger partial charge in [-0.25, -0.2) is 4.79 Å². The summed E-state index contributed by atoms with van der Waals surface area (Å²) in [6, 6.07) is 7.37. The number of hydrogen-bond donors (Lipinski definition) is 2. The van der Waals surface area contributed by atoms with Gasteiger partial charge < -0.3 is 15.5 Å². The molecule has 0 saturated carbocycles. The predicted molar refractivity (Wildman–Crippen MR) is 126 cm³/mol. The van der Waals surface area contributed by atoms with E-state index in [2.05, 4.69) is 18.8 Å². The molecule has 0 radical (unpaired) electrons. The second kappa shape index (κ2) is 10.8. The van der Waals surface area contributed by atoms with Crippen LogP contribution in [-0.2, 0) is 13.1 Å². The second-order valence-corrected chi connectivity index (χ2v) is 8.50. The topological polar surface area (TPSA) is 104 Å². The normalized spacial score (nSPS) is 11.0. The minimum Gasteiger partial charge on any atom is -0.383 e.